The molecule has 2 unspecified atom stereocenters. The molecule has 1 aromatic rings. The highest BCUT2D eigenvalue weighted by molar-refractivity contribution is 5.37. The summed E-state index contributed by atoms with van der Waals surface area (Å²) in [6.07, 6.45) is 3.67. The zero-order chi connectivity index (χ0) is 13.2. The Balaban J connectivity index is 1.84. The summed E-state index contributed by atoms with van der Waals surface area (Å²) in [5.74, 6) is 1.79. The minimum atomic E-state index is 0.546. The zero-order valence-electron chi connectivity index (χ0n) is 11.4. The number of nitrogens with zero attached hydrogens (tertiary/aromatic N) is 3. The van der Waals surface area contributed by atoms with Gasteiger partial charge in [-0.3, -0.25) is 0 Å². The Kier molecular flexibility index (Phi) is 3.42. The lowest BCUT2D eigenvalue weighted by Crippen LogP contribution is -2.36. The van der Waals surface area contributed by atoms with Gasteiger partial charge in [0.25, 0.3) is 0 Å². The van der Waals surface area contributed by atoms with Crippen molar-refractivity contribution in [2.75, 3.05) is 32.2 Å². The smallest absolute Gasteiger partial charge is 0.232 e. The first-order chi connectivity index (χ1) is 9.28. The lowest BCUT2D eigenvalue weighted by Gasteiger charge is -2.24. The molecule has 0 radical (unpaired) electrons. The number of rotatable bonds is 3. The van der Waals surface area contributed by atoms with Gasteiger partial charge in [-0.1, -0.05) is 0 Å². The number of anilines is 1. The number of methoxy groups -OCH3 is 2. The number of fused-ring (bicyclic) bond motifs is 2. The average Bonchev–Trinajstić information content (AvgIpc) is 2.77. The molecule has 6 heteroatoms. The fourth-order valence-electron chi connectivity index (χ4n) is 2.87. The SMILES string of the molecule is COc1cc(OC)nc(N2CCC3CCC(C2)N3)n1. The second-order valence-corrected chi connectivity index (χ2v) is 5.13. The van der Waals surface area contributed by atoms with Crippen LogP contribution in [0.5, 0.6) is 11.8 Å². The van der Waals surface area contributed by atoms with Gasteiger partial charge < -0.3 is 19.7 Å². The summed E-state index contributed by atoms with van der Waals surface area (Å²) in [5, 5.41) is 3.65. The summed E-state index contributed by atoms with van der Waals surface area (Å²) in [4.78, 5) is 11.1. The first-order valence-corrected chi connectivity index (χ1v) is 6.76. The second-order valence-electron chi connectivity index (χ2n) is 5.13. The highest BCUT2D eigenvalue weighted by Crippen LogP contribution is 2.25. The van der Waals surface area contributed by atoms with Gasteiger partial charge in [0.2, 0.25) is 17.7 Å². The lowest BCUT2D eigenvalue weighted by atomic mass is 10.1. The van der Waals surface area contributed by atoms with E-state index >= 15 is 0 Å². The Labute approximate surface area is 113 Å². The van der Waals surface area contributed by atoms with Gasteiger partial charge in [0, 0.05) is 25.2 Å². The van der Waals surface area contributed by atoms with E-state index < -0.39 is 0 Å². The summed E-state index contributed by atoms with van der Waals surface area (Å²) in [7, 11) is 3.22. The van der Waals surface area contributed by atoms with Gasteiger partial charge in [-0.2, -0.15) is 9.97 Å². The Morgan fingerprint density at radius 1 is 1.11 bits per heavy atom. The third-order valence-corrected chi connectivity index (χ3v) is 3.89. The van der Waals surface area contributed by atoms with Gasteiger partial charge in [-0.05, 0) is 19.3 Å². The Hall–Kier alpha value is -1.56. The summed E-state index contributed by atoms with van der Waals surface area (Å²) in [6.45, 7) is 1.93. The molecule has 1 N–H and O–H groups in total. The van der Waals surface area contributed by atoms with Crippen molar-refractivity contribution in [1.29, 1.82) is 0 Å². The van der Waals surface area contributed by atoms with Crippen LogP contribution < -0.4 is 19.7 Å². The van der Waals surface area contributed by atoms with E-state index in [2.05, 4.69) is 20.2 Å². The fraction of sp³-hybridized carbons (Fsp3) is 0.692. The Morgan fingerprint density at radius 2 is 1.79 bits per heavy atom. The lowest BCUT2D eigenvalue weighted by molar-refractivity contribution is 0.371. The van der Waals surface area contributed by atoms with E-state index in [1.54, 1.807) is 20.3 Å². The van der Waals surface area contributed by atoms with Gasteiger partial charge >= 0.3 is 0 Å². The minimum absolute atomic E-state index is 0.546. The number of hydrogen-bond donors (Lipinski definition) is 1. The van der Waals surface area contributed by atoms with Crippen LogP contribution in [-0.4, -0.2) is 49.4 Å². The first-order valence-electron chi connectivity index (χ1n) is 6.76. The van der Waals surface area contributed by atoms with Crippen LogP contribution in [0.3, 0.4) is 0 Å². The molecule has 2 saturated heterocycles. The van der Waals surface area contributed by atoms with Crippen LogP contribution in [0.1, 0.15) is 19.3 Å². The van der Waals surface area contributed by atoms with Gasteiger partial charge in [-0.25, -0.2) is 0 Å². The molecule has 0 spiro atoms. The molecule has 0 aliphatic carbocycles. The van der Waals surface area contributed by atoms with Crippen molar-refractivity contribution in [2.24, 2.45) is 0 Å². The molecule has 2 bridgehead atoms. The van der Waals surface area contributed by atoms with Crippen LogP contribution in [0.2, 0.25) is 0 Å². The van der Waals surface area contributed by atoms with Crippen molar-refractivity contribution >= 4 is 5.95 Å². The molecule has 3 heterocycles. The molecule has 6 nitrogen and oxygen atoms in total. The van der Waals surface area contributed by atoms with Crippen molar-refractivity contribution in [3.8, 4) is 11.8 Å². The van der Waals surface area contributed by atoms with Gasteiger partial charge in [-0.15, -0.1) is 0 Å². The third kappa shape index (κ3) is 2.58. The molecule has 2 atom stereocenters. The average molecular weight is 264 g/mol. The van der Waals surface area contributed by atoms with Crippen molar-refractivity contribution in [2.45, 2.75) is 31.3 Å². The zero-order valence-corrected chi connectivity index (χ0v) is 11.4. The molecular weight excluding hydrogens is 244 g/mol. The molecule has 3 rings (SSSR count). The summed E-state index contributed by atoms with van der Waals surface area (Å²) in [6, 6.07) is 2.90. The van der Waals surface area contributed by atoms with Crippen molar-refractivity contribution < 1.29 is 9.47 Å². The fourth-order valence-corrected chi connectivity index (χ4v) is 2.87. The van der Waals surface area contributed by atoms with Crippen LogP contribution in [-0.2, 0) is 0 Å². The standard InChI is InChI=1S/C13H20N4O2/c1-18-11-7-12(19-2)16-13(15-11)17-6-5-9-3-4-10(8-17)14-9/h7,9-10,14H,3-6,8H2,1-2H3. The Bertz CT molecular complexity index is 432. The van der Waals surface area contributed by atoms with E-state index in [1.165, 1.54) is 12.8 Å². The molecule has 104 valence electrons. The van der Waals surface area contributed by atoms with E-state index in [0.29, 0.717) is 29.8 Å². The minimum Gasteiger partial charge on any atom is -0.481 e. The third-order valence-electron chi connectivity index (χ3n) is 3.89. The first kappa shape index (κ1) is 12.5. The molecule has 2 aliphatic rings. The van der Waals surface area contributed by atoms with Gasteiger partial charge in [0.15, 0.2) is 0 Å². The van der Waals surface area contributed by atoms with E-state index in [-0.39, 0.29) is 0 Å². The van der Waals surface area contributed by atoms with Crippen molar-refractivity contribution in [3.63, 3.8) is 0 Å². The second kappa shape index (κ2) is 5.21. The molecule has 2 aliphatic heterocycles. The molecule has 1 aromatic heterocycles. The van der Waals surface area contributed by atoms with Crippen LogP contribution in [0, 0.1) is 0 Å². The number of nitrogens with one attached hydrogen (secondary N) is 1. The van der Waals surface area contributed by atoms with Crippen molar-refractivity contribution in [3.05, 3.63) is 6.07 Å². The topological polar surface area (TPSA) is 59.5 Å². The van der Waals surface area contributed by atoms with Crippen LogP contribution in [0.4, 0.5) is 5.95 Å². The van der Waals surface area contributed by atoms with Crippen LogP contribution in [0.15, 0.2) is 6.07 Å². The maximum absolute atomic E-state index is 5.21. The van der Waals surface area contributed by atoms with Gasteiger partial charge in [0.05, 0.1) is 20.3 Å². The maximum Gasteiger partial charge on any atom is 0.232 e. The number of hydrogen-bond acceptors (Lipinski definition) is 6. The largest absolute Gasteiger partial charge is 0.481 e. The summed E-state index contributed by atoms with van der Waals surface area (Å²) < 4.78 is 10.4. The molecule has 2 fully saturated rings. The van der Waals surface area contributed by atoms with E-state index in [1.807, 2.05) is 0 Å². The van der Waals surface area contributed by atoms with E-state index in [4.69, 9.17) is 9.47 Å². The van der Waals surface area contributed by atoms with Gasteiger partial charge in [0.1, 0.15) is 0 Å². The monoisotopic (exact) mass is 264 g/mol. The summed E-state index contributed by atoms with van der Waals surface area (Å²) in [5.41, 5.74) is 0. The molecule has 0 amide bonds. The highest BCUT2D eigenvalue weighted by atomic mass is 16.5. The molecule has 19 heavy (non-hydrogen) atoms. The maximum atomic E-state index is 5.21. The predicted molar refractivity (Wildman–Crippen MR) is 71.9 cm³/mol. The van der Waals surface area contributed by atoms with E-state index in [9.17, 15) is 0 Å². The predicted octanol–water partition coefficient (Wildman–Crippen LogP) is 0.824. The molecule has 0 saturated carbocycles. The number of ether oxygens (including phenoxy) is 2. The van der Waals surface area contributed by atoms with Crippen molar-refractivity contribution in [1.82, 2.24) is 15.3 Å². The van der Waals surface area contributed by atoms with E-state index in [0.717, 1.165) is 19.5 Å². The van der Waals surface area contributed by atoms with Crippen LogP contribution in [0.25, 0.3) is 0 Å². The van der Waals surface area contributed by atoms with Crippen LogP contribution >= 0.6 is 0 Å². The highest BCUT2D eigenvalue weighted by Gasteiger charge is 2.30. The molecule has 0 aromatic carbocycles. The number of aromatic nitrogens is 2. The normalized spacial score (nSPS) is 26.1. The Morgan fingerprint density at radius 3 is 2.47 bits per heavy atom. The summed E-state index contributed by atoms with van der Waals surface area (Å²) >= 11 is 0. The molecular formula is C13H20N4O2. The quantitative estimate of drug-likeness (QED) is 0.872.